The van der Waals surface area contributed by atoms with Crippen molar-refractivity contribution in [2.45, 2.75) is 64.9 Å². The molecule has 0 heterocycles. The van der Waals surface area contributed by atoms with E-state index in [1.165, 1.54) is 38.5 Å². The van der Waals surface area contributed by atoms with Crippen molar-refractivity contribution >= 4 is 5.97 Å². The fourth-order valence-electron chi connectivity index (χ4n) is 2.22. The smallest absolute Gasteiger partial charge is 0.333 e. The van der Waals surface area contributed by atoms with Crippen LogP contribution in [0.4, 0.5) is 0 Å². The quantitative estimate of drug-likeness (QED) is 0.308. The summed E-state index contributed by atoms with van der Waals surface area (Å²) in [6.07, 6.45) is 9.46. The van der Waals surface area contributed by atoms with Gasteiger partial charge in [0.25, 0.3) is 0 Å². The van der Waals surface area contributed by atoms with Crippen LogP contribution >= 0.6 is 0 Å². The van der Waals surface area contributed by atoms with Gasteiger partial charge in [0.05, 0.1) is 0 Å². The van der Waals surface area contributed by atoms with Crippen molar-refractivity contribution in [2.24, 2.45) is 0 Å². The highest BCUT2D eigenvalue weighted by atomic mass is 16.5. The number of carbonyl (C=O) groups excluding carboxylic acids is 1. The van der Waals surface area contributed by atoms with Crippen molar-refractivity contribution in [1.82, 2.24) is 0 Å². The Morgan fingerprint density at radius 2 is 1.62 bits per heavy atom. The molecule has 1 rings (SSSR count). The maximum Gasteiger partial charge on any atom is 0.333 e. The lowest BCUT2D eigenvalue weighted by Gasteiger charge is -2.07. The van der Waals surface area contributed by atoms with Crippen molar-refractivity contribution in [3.05, 3.63) is 48.0 Å². The molecule has 0 aromatic heterocycles. The predicted octanol–water partition coefficient (Wildman–Crippen LogP) is 5.43. The Hall–Kier alpha value is -1.57. The monoisotopic (exact) mass is 288 g/mol. The van der Waals surface area contributed by atoms with Crippen molar-refractivity contribution < 1.29 is 9.53 Å². The minimum absolute atomic E-state index is 0.259. The van der Waals surface area contributed by atoms with Crippen LogP contribution in [0.3, 0.4) is 0 Å². The van der Waals surface area contributed by atoms with Crippen LogP contribution in [-0.2, 0) is 16.1 Å². The normalized spacial score (nSPS) is 10.3. The van der Waals surface area contributed by atoms with Crippen molar-refractivity contribution in [3.8, 4) is 0 Å². The van der Waals surface area contributed by atoms with E-state index in [-0.39, 0.29) is 5.97 Å². The molecule has 0 amide bonds. The van der Waals surface area contributed by atoms with Gasteiger partial charge in [0.2, 0.25) is 0 Å². The maximum atomic E-state index is 11.8. The van der Waals surface area contributed by atoms with Gasteiger partial charge >= 0.3 is 5.97 Å². The minimum atomic E-state index is -0.259. The van der Waals surface area contributed by atoms with Crippen LogP contribution in [0.15, 0.2) is 42.5 Å². The average molecular weight is 288 g/mol. The highest BCUT2D eigenvalue weighted by molar-refractivity contribution is 5.87. The number of benzene rings is 1. The number of hydrogen-bond acceptors (Lipinski definition) is 2. The van der Waals surface area contributed by atoms with E-state index in [0.29, 0.717) is 12.2 Å². The van der Waals surface area contributed by atoms with Gasteiger partial charge in [-0.2, -0.15) is 0 Å². The molecule has 0 aliphatic heterocycles. The topological polar surface area (TPSA) is 26.3 Å². The van der Waals surface area contributed by atoms with Crippen molar-refractivity contribution in [3.63, 3.8) is 0 Å². The minimum Gasteiger partial charge on any atom is -0.457 e. The van der Waals surface area contributed by atoms with Gasteiger partial charge in [-0.1, -0.05) is 82.4 Å². The first kappa shape index (κ1) is 17.5. The van der Waals surface area contributed by atoms with E-state index < -0.39 is 0 Å². The second kappa shape index (κ2) is 11.1. The largest absolute Gasteiger partial charge is 0.457 e. The van der Waals surface area contributed by atoms with Crippen LogP contribution in [0.1, 0.15) is 63.9 Å². The summed E-state index contributed by atoms with van der Waals surface area (Å²) in [4.78, 5) is 11.8. The molecule has 21 heavy (non-hydrogen) atoms. The molecule has 0 atom stereocenters. The summed E-state index contributed by atoms with van der Waals surface area (Å²) in [5.74, 6) is -0.259. The number of esters is 1. The molecule has 1 aromatic carbocycles. The lowest BCUT2D eigenvalue weighted by molar-refractivity contribution is -0.140. The van der Waals surface area contributed by atoms with E-state index in [1.54, 1.807) is 0 Å². The maximum absolute atomic E-state index is 11.8. The molecule has 0 spiro atoms. The summed E-state index contributed by atoms with van der Waals surface area (Å²) in [6.45, 7) is 6.40. The van der Waals surface area contributed by atoms with Crippen LogP contribution in [0.2, 0.25) is 0 Å². The lowest BCUT2D eigenvalue weighted by atomic mass is 10.1. The SMILES string of the molecule is C=C(CCCCCCCCC)C(=O)OCc1ccccc1. The fraction of sp³-hybridized carbons (Fsp3) is 0.526. The summed E-state index contributed by atoms with van der Waals surface area (Å²) in [5, 5.41) is 0. The van der Waals surface area contributed by atoms with Gasteiger partial charge in [0.1, 0.15) is 6.61 Å². The van der Waals surface area contributed by atoms with E-state index in [1.807, 2.05) is 30.3 Å². The highest BCUT2D eigenvalue weighted by Gasteiger charge is 2.08. The standard InChI is InChI=1S/C19H28O2/c1-3-4-5-6-7-8-10-13-17(2)19(20)21-16-18-14-11-9-12-15-18/h9,11-12,14-15H,2-8,10,13,16H2,1H3. The summed E-state index contributed by atoms with van der Waals surface area (Å²) >= 11 is 0. The molecular formula is C19H28O2. The third kappa shape index (κ3) is 8.34. The van der Waals surface area contributed by atoms with Gasteiger partial charge in [-0.15, -0.1) is 0 Å². The van der Waals surface area contributed by atoms with E-state index in [9.17, 15) is 4.79 Å². The van der Waals surface area contributed by atoms with Gasteiger partial charge < -0.3 is 4.74 Å². The van der Waals surface area contributed by atoms with Crippen molar-refractivity contribution in [2.75, 3.05) is 0 Å². The van der Waals surface area contributed by atoms with E-state index in [0.717, 1.165) is 18.4 Å². The van der Waals surface area contributed by atoms with Crippen LogP contribution in [-0.4, -0.2) is 5.97 Å². The van der Waals surface area contributed by atoms with Crippen LogP contribution in [0, 0.1) is 0 Å². The Bertz CT molecular complexity index is 409. The number of rotatable bonds is 11. The zero-order valence-electron chi connectivity index (χ0n) is 13.3. The molecule has 2 heteroatoms. The molecule has 0 radical (unpaired) electrons. The van der Waals surface area contributed by atoms with Gasteiger partial charge in [-0.25, -0.2) is 4.79 Å². The molecule has 0 fully saturated rings. The molecule has 0 bridgehead atoms. The third-order valence-electron chi connectivity index (χ3n) is 3.58. The van der Waals surface area contributed by atoms with Gasteiger partial charge in [0.15, 0.2) is 0 Å². The Morgan fingerprint density at radius 1 is 1.00 bits per heavy atom. The van der Waals surface area contributed by atoms with Gasteiger partial charge in [-0.3, -0.25) is 0 Å². The molecule has 0 saturated heterocycles. The third-order valence-corrected chi connectivity index (χ3v) is 3.58. The Balaban J connectivity index is 2.07. The molecule has 1 aromatic rings. The highest BCUT2D eigenvalue weighted by Crippen LogP contribution is 2.13. The fourth-order valence-corrected chi connectivity index (χ4v) is 2.22. The molecule has 0 unspecified atom stereocenters. The van der Waals surface area contributed by atoms with Crippen LogP contribution in [0.5, 0.6) is 0 Å². The Labute approximate surface area is 129 Å². The predicted molar refractivity (Wildman–Crippen MR) is 88.0 cm³/mol. The van der Waals surface area contributed by atoms with Gasteiger partial charge in [0, 0.05) is 5.57 Å². The summed E-state index contributed by atoms with van der Waals surface area (Å²) in [6, 6.07) is 9.73. The van der Waals surface area contributed by atoms with Crippen LogP contribution in [0.25, 0.3) is 0 Å². The number of unbranched alkanes of at least 4 members (excludes halogenated alkanes) is 6. The average Bonchev–Trinajstić information content (AvgIpc) is 2.52. The molecule has 0 aliphatic carbocycles. The first-order chi connectivity index (χ1) is 10.2. The summed E-state index contributed by atoms with van der Waals surface area (Å²) in [7, 11) is 0. The summed E-state index contributed by atoms with van der Waals surface area (Å²) < 4.78 is 5.26. The van der Waals surface area contributed by atoms with Crippen molar-refractivity contribution in [1.29, 1.82) is 0 Å². The Kier molecular flexibility index (Phi) is 9.26. The first-order valence-corrected chi connectivity index (χ1v) is 8.13. The second-order valence-corrected chi connectivity index (χ2v) is 5.54. The zero-order chi connectivity index (χ0) is 15.3. The zero-order valence-corrected chi connectivity index (χ0v) is 13.3. The van der Waals surface area contributed by atoms with E-state index in [4.69, 9.17) is 4.74 Å². The molecule has 0 saturated carbocycles. The second-order valence-electron chi connectivity index (χ2n) is 5.54. The molecule has 0 aliphatic rings. The Morgan fingerprint density at radius 3 is 2.29 bits per heavy atom. The molecule has 116 valence electrons. The molecular weight excluding hydrogens is 260 g/mol. The van der Waals surface area contributed by atoms with E-state index in [2.05, 4.69) is 13.5 Å². The first-order valence-electron chi connectivity index (χ1n) is 8.13. The molecule has 0 N–H and O–H groups in total. The van der Waals surface area contributed by atoms with Gasteiger partial charge in [-0.05, 0) is 18.4 Å². The molecule has 2 nitrogen and oxygen atoms in total. The lowest BCUT2D eigenvalue weighted by Crippen LogP contribution is -2.07. The number of carbonyl (C=O) groups is 1. The van der Waals surface area contributed by atoms with Crippen LogP contribution < -0.4 is 0 Å². The number of hydrogen-bond donors (Lipinski definition) is 0. The number of ether oxygens (including phenoxy) is 1. The summed E-state index contributed by atoms with van der Waals surface area (Å²) in [5.41, 5.74) is 1.61. The van der Waals surface area contributed by atoms with E-state index >= 15 is 0 Å².